The molecule has 0 N–H and O–H groups in total. The van der Waals surface area contributed by atoms with E-state index in [2.05, 4.69) is 130 Å². The number of esters is 3. The third-order valence-corrected chi connectivity index (χ3v) is 14.8. The van der Waals surface area contributed by atoms with Crippen LogP contribution in [0.25, 0.3) is 0 Å². The van der Waals surface area contributed by atoms with Gasteiger partial charge in [-0.25, -0.2) is 0 Å². The Bertz CT molecular complexity index is 1620. The van der Waals surface area contributed by atoms with Crippen molar-refractivity contribution in [1.82, 2.24) is 0 Å². The molecular formula is C75H128O6. The minimum absolute atomic E-state index is 0.0798. The van der Waals surface area contributed by atoms with Crippen LogP contribution in [-0.2, 0) is 28.6 Å². The zero-order valence-corrected chi connectivity index (χ0v) is 53.3. The van der Waals surface area contributed by atoms with Crippen LogP contribution >= 0.6 is 0 Å². The molecule has 0 aliphatic carbocycles. The van der Waals surface area contributed by atoms with Crippen LogP contribution in [0.2, 0.25) is 0 Å². The van der Waals surface area contributed by atoms with Crippen LogP contribution in [0.15, 0.2) is 109 Å². The van der Waals surface area contributed by atoms with Crippen LogP contribution in [0.5, 0.6) is 0 Å². The molecule has 0 spiro atoms. The van der Waals surface area contributed by atoms with Crippen molar-refractivity contribution in [3.8, 4) is 0 Å². The molecule has 6 heteroatoms. The molecular weight excluding hydrogens is 997 g/mol. The summed E-state index contributed by atoms with van der Waals surface area (Å²) in [5.41, 5.74) is 0. The fourth-order valence-corrected chi connectivity index (χ4v) is 9.70. The molecule has 0 radical (unpaired) electrons. The summed E-state index contributed by atoms with van der Waals surface area (Å²) < 4.78 is 16.9. The number of hydrogen-bond donors (Lipinski definition) is 0. The predicted molar refractivity (Wildman–Crippen MR) is 353 cm³/mol. The summed E-state index contributed by atoms with van der Waals surface area (Å²) in [6.07, 6.45) is 94.2. The zero-order valence-electron chi connectivity index (χ0n) is 53.3. The lowest BCUT2D eigenvalue weighted by Crippen LogP contribution is -2.30. The minimum atomic E-state index is -0.783. The van der Waals surface area contributed by atoms with Crippen molar-refractivity contribution in [2.75, 3.05) is 13.2 Å². The molecule has 0 saturated heterocycles. The monoisotopic (exact) mass is 1120 g/mol. The molecule has 0 aromatic heterocycles. The first kappa shape index (κ1) is 77.1. The highest BCUT2D eigenvalue weighted by Gasteiger charge is 2.19. The van der Waals surface area contributed by atoms with E-state index in [9.17, 15) is 14.4 Å². The fraction of sp³-hybridized carbons (Fsp3) is 0.720. The lowest BCUT2D eigenvalue weighted by molar-refractivity contribution is -0.167. The summed E-state index contributed by atoms with van der Waals surface area (Å²) >= 11 is 0. The van der Waals surface area contributed by atoms with Crippen molar-refractivity contribution in [2.45, 2.75) is 335 Å². The average Bonchev–Trinajstić information content (AvgIpc) is 3.47. The van der Waals surface area contributed by atoms with Gasteiger partial charge in [-0.2, -0.15) is 0 Å². The van der Waals surface area contributed by atoms with Crippen molar-refractivity contribution in [1.29, 1.82) is 0 Å². The highest BCUT2D eigenvalue weighted by molar-refractivity contribution is 5.71. The molecule has 0 saturated carbocycles. The van der Waals surface area contributed by atoms with Crippen molar-refractivity contribution in [3.05, 3.63) is 109 Å². The Labute approximate surface area is 501 Å². The van der Waals surface area contributed by atoms with E-state index in [4.69, 9.17) is 14.2 Å². The molecule has 464 valence electrons. The van der Waals surface area contributed by atoms with Crippen molar-refractivity contribution >= 4 is 17.9 Å². The number of unbranched alkanes of at least 4 members (excludes halogenated alkanes) is 33. The Morgan fingerprint density at radius 1 is 0.259 bits per heavy atom. The maximum Gasteiger partial charge on any atom is 0.306 e. The summed E-state index contributed by atoms with van der Waals surface area (Å²) in [5, 5.41) is 0. The van der Waals surface area contributed by atoms with Crippen LogP contribution in [0, 0.1) is 0 Å². The molecule has 0 heterocycles. The Kier molecular flexibility index (Phi) is 65.2. The Morgan fingerprint density at radius 2 is 0.481 bits per heavy atom. The van der Waals surface area contributed by atoms with Gasteiger partial charge in [0.2, 0.25) is 0 Å². The maximum atomic E-state index is 12.9. The number of rotatable bonds is 62. The standard InChI is InChI=1S/C75H128O6/c1-4-7-10-13-16-19-21-23-25-27-29-30-31-32-33-34-35-36-37-38-39-40-41-42-43-44-46-47-49-51-53-56-59-62-65-68-74(77)80-71-72(70-79-73(76)67-64-61-58-55-18-15-12-9-6-3)81-75(78)69-66-63-60-57-54-52-50-48-45-28-26-24-22-20-17-14-11-8-5-2/h7-8,10-11,16-17,19-20,23-26,29-30,32-33,45,48,72H,4-6,9,12-15,18,21-22,27-28,31,34-44,46-47,49-71H2,1-3H3/b10-7-,11-8-,19-16-,20-17-,25-23-,26-24-,30-29-,33-32-,48-45-. The maximum absolute atomic E-state index is 12.9. The molecule has 1 atom stereocenters. The topological polar surface area (TPSA) is 78.9 Å². The molecule has 0 fully saturated rings. The second-order valence-electron chi connectivity index (χ2n) is 22.7. The molecule has 0 aromatic carbocycles. The zero-order chi connectivity index (χ0) is 58.5. The largest absolute Gasteiger partial charge is 0.462 e. The van der Waals surface area contributed by atoms with Gasteiger partial charge in [0.05, 0.1) is 0 Å². The van der Waals surface area contributed by atoms with Crippen LogP contribution in [0.1, 0.15) is 329 Å². The molecule has 0 aliphatic heterocycles. The lowest BCUT2D eigenvalue weighted by atomic mass is 10.0. The molecule has 0 rings (SSSR count). The second kappa shape index (κ2) is 68.6. The molecule has 6 nitrogen and oxygen atoms in total. The quantitative estimate of drug-likeness (QED) is 0.0261. The second-order valence-corrected chi connectivity index (χ2v) is 22.7. The predicted octanol–water partition coefficient (Wildman–Crippen LogP) is 23.8. The van der Waals surface area contributed by atoms with Crippen LogP contribution in [0.3, 0.4) is 0 Å². The lowest BCUT2D eigenvalue weighted by Gasteiger charge is -2.18. The van der Waals surface area contributed by atoms with E-state index in [0.29, 0.717) is 19.3 Å². The third kappa shape index (κ3) is 66.8. The molecule has 0 aliphatic rings. The number of hydrogen-bond acceptors (Lipinski definition) is 6. The summed E-state index contributed by atoms with van der Waals surface area (Å²) in [6, 6.07) is 0. The van der Waals surface area contributed by atoms with Gasteiger partial charge in [-0.15, -0.1) is 0 Å². The van der Waals surface area contributed by atoms with Gasteiger partial charge in [0.15, 0.2) is 6.10 Å². The van der Waals surface area contributed by atoms with Crippen molar-refractivity contribution < 1.29 is 28.6 Å². The van der Waals surface area contributed by atoms with E-state index in [0.717, 1.165) is 128 Å². The number of allylic oxidation sites excluding steroid dienone is 18. The molecule has 1 unspecified atom stereocenters. The first-order valence-electron chi connectivity index (χ1n) is 34.4. The SMILES string of the molecule is CC/C=C\C/C=C\C/C=C\C/C=C\C/C=C\CCCCCCCCCCCCCCCCCCCCCC(=O)OCC(COC(=O)CCCCCCCCCCC)OC(=O)CCCCCCCC/C=C\C/C=C\C/C=C\C/C=C\CC. The van der Waals surface area contributed by atoms with Crippen LogP contribution in [0.4, 0.5) is 0 Å². The minimum Gasteiger partial charge on any atom is -0.462 e. The van der Waals surface area contributed by atoms with Gasteiger partial charge in [0.25, 0.3) is 0 Å². The summed E-state index contributed by atoms with van der Waals surface area (Å²) in [7, 11) is 0. The van der Waals surface area contributed by atoms with E-state index in [1.54, 1.807) is 0 Å². The number of carbonyl (C=O) groups is 3. The normalized spacial score (nSPS) is 12.8. The first-order valence-corrected chi connectivity index (χ1v) is 34.4. The first-order chi connectivity index (χ1) is 40.0. The van der Waals surface area contributed by atoms with Gasteiger partial charge in [-0.05, 0) is 103 Å². The van der Waals surface area contributed by atoms with E-state index < -0.39 is 6.10 Å². The van der Waals surface area contributed by atoms with Gasteiger partial charge < -0.3 is 14.2 Å². The third-order valence-electron chi connectivity index (χ3n) is 14.8. The van der Waals surface area contributed by atoms with Gasteiger partial charge >= 0.3 is 17.9 Å². The van der Waals surface area contributed by atoms with Gasteiger partial charge in [-0.3, -0.25) is 14.4 Å². The van der Waals surface area contributed by atoms with Crippen molar-refractivity contribution in [3.63, 3.8) is 0 Å². The average molecular weight is 1130 g/mol. The summed E-state index contributed by atoms with van der Waals surface area (Å²) in [6.45, 7) is 6.41. The highest BCUT2D eigenvalue weighted by Crippen LogP contribution is 2.17. The van der Waals surface area contributed by atoms with Gasteiger partial charge in [0, 0.05) is 19.3 Å². The Balaban J connectivity index is 4.08. The molecule has 0 aromatic rings. The fourth-order valence-electron chi connectivity index (χ4n) is 9.70. The van der Waals surface area contributed by atoms with E-state index in [1.165, 1.54) is 161 Å². The van der Waals surface area contributed by atoms with Crippen LogP contribution < -0.4 is 0 Å². The smallest absolute Gasteiger partial charge is 0.306 e. The summed E-state index contributed by atoms with van der Waals surface area (Å²) in [4.78, 5) is 38.2. The molecule has 0 bridgehead atoms. The molecule has 0 amide bonds. The number of ether oxygens (including phenoxy) is 3. The summed E-state index contributed by atoms with van der Waals surface area (Å²) in [5.74, 6) is -0.884. The Hall–Kier alpha value is -3.93. The van der Waals surface area contributed by atoms with Crippen molar-refractivity contribution in [2.24, 2.45) is 0 Å². The Morgan fingerprint density at radius 3 is 0.753 bits per heavy atom. The number of carbonyl (C=O) groups excluding carboxylic acids is 3. The van der Waals surface area contributed by atoms with Gasteiger partial charge in [0.1, 0.15) is 13.2 Å². The highest BCUT2D eigenvalue weighted by atomic mass is 16.6. The molecule has 81 heavy (non-hydrogen) atoms. The van der Waals surface area contributed by atoms with E-state index >= 15 is 0 Å². The van der Waals surface area contributed by atoms with E-state index in [-0.39, 0.29) is 31.1 Å². The van der Waals surface area contributed by atoms with Gasteiger partial charge in [-0.1, -0.05) is 316 Å². The van der Waals surface area contributed by atoms with E-state index in [1.807, 2.05) is 0 Å². The van der Waals surface area contributed by atoms with Crippen LogP contribution in [-0.4, -0.2) is 37.2 Å².